The van der Waals surface area contributed by atoms with Crippen molar-refractivity contribution in [1.29, 1.82) is 0 Å². The quantitative estimate of drug-likeness (QED) is 0.563. The Hall–Kier alpha value is -0.830. The Bertz CT molecular complexity index is 233. The summed E-state index contributed by atoms with van der Waals surface area (Å²) in [6, 6.07) is 0. The average Bonchev–Trinajstić information content (AvgIpc) is 2.25. The lowest BCUT2D eigenvalue weighted by molar-refractivity contribution is -0.149. The number of rotatable bonds is 5. The third-order valence-electron chi connectivity index (χ3n) is 2.81. The van der Waals surface area contributed by atoms with E-state index >= 15 is 0 Å². The second kappa shape index (κ2) is 6.62. The highest BCUT2D eigenvalue weighted by atomic mass is 16.5. The van der Waals surface area contributed by atoms with Crippen LogP contribution in [0.3, 0.4) is 0 Å². The number of carbonyl (C=O) groups is 1. The fraction of sp³-hybridized carbons (Fsp3) is 0.750. The molecule has 0 aliphatic rings. The van der Waals surface area contributed by atoms with Gasteiger partial charge in [0.25, 0.3) is 0 Å². The van der Waals surface area contributed by atoms with Gasteiger partial charge in [-0.05, 0) is 33.1 Å². The number of allylic oxidation sites excluding steroid dienone is 2. The van der Waals surface area contributed by atoms with E-state index in [2.05, 4.69) is 4.74 Å². The van der Waals surface area contributed by atoms with Gasteiger partial charge in [-0.15, -0.1) is 0 Å². The number of hydrogen-bond acceptors (Lipinski definition) is 3. The molecule has 3 heteroatoms. The Kier molecular flexibility index (Phi) is 6.25. The fourth-order valence-corrected chi connectivity index (χ4v) is 1.56. The van der Waals surface area contributed by atoms with Crippen LogP contribution in [0.25, 0.3) is 0 Å². The van der Waals surface area contributed by atoms with Gasteiger partial charge in [-0.3, -0.25) is 4.79 Å². The van der Waals surface area contributed by atoms with Crippen molar-refractivity contribution in [2.24, 2.45) is 11.8 Å². The molecule has 3 nitrogen and oxygen atoms in total. The summed E-state index contributed by atoms with van der Waals surface area (Å²) in [5.41, 5.74) is 1.22. The van der Waals surface area contributed by atoms with Gasteiger partial charge in [-0.2, -0.15) is 0 Å². The molecule has 0 rings (SSSR count). The second-order valence-corrected chi connectivity index (χ2v) is 4.12. The molecule has 0 aliphatic heterocycles. The highest BCUT2D eigenvalue weighted by molar-refractivity contribution is 5.72. The van der Waals surface area contributed by atoms with E-state index in [-0.39, 0.29) is 11.9 Å². The van der Waals surface area contributed by atoms with Gasteiger partial charge in [0.2, 0.25) is 0 Å². The first kappa shape index (κ1) is 14.2. The molecule has 1 N–H and O–H groups in total. The lowest BCUT2D eigenvalue weighted by atomic mass is 9.89. The van der Waals surface area contributed by atoms with Crippen molar-refractivity contribution in [3.05, 3.63) is 11.6 Å². The molecule has 0 radical (unpaired) electrons. The minimum atomic E-state index is -0.646. The molecule has 0 aromatic heterocycles. The van der Waals surface area contributed by atoms with Crippen molar-refractivity contribution in [3.63, 3.8) is 0 Å². The van der Waals surface area contributed by atoms with Crippen molar-refractivity contribution in [3.8, 4) is 0 Å². The summed E-state index contributed by atoms with van der Waals surface area (Å²) in [5.74, 6) is -0.752. The van der Waals surface area contributed by atoms with Crippen LogP contribution in [0.15, 0.2) is 11.6 Å². The maximum Gasteiger partial charge on any atom is 0.311 e. The molecule has 0 unspecified atom stereocenters. The minimum Gasteiger partial charge on any atom is -0.469 e. The molecule has 0 saturated carbocycles. The van der Waals surface area contributed by atoms with Gasteiger partial charge < -0.3 is 9.84 Å². The van der Waals surface area contributed by atoms with Crippen LogP contribution in [0.4, 0.5) is 0 Å². The standard InChI is InChI=1S/C12H22O3/c1-6-8(2)7-9(3)11(13)10(4)12(14)15-5/h6,9-11,13H,7H2,1-5H3/b8-6+/t9-,10+,11+/m1/s1. The number of esters is 1. The molecule has 0 bridgehead atoms. The van der Waals surface area contributed by atoms with E-state index in [1.54, 1.807) is 6.92 Å². The molecule has 0 saturated heterocycles. The SMILES string of the molecule is C/C=C(\C)C[C@@H](C)[C@H](O)[C@H](C)C(=O)OC. The summed E-state index contributed by atoms with van der Waals surface area (Å²) < 4.78 is 4.60. The molecule has 0 aromatic rings. The van der Waals surface area contributed by atoms with Crippen molar-refractivity contribution in [2.75, 3.05) is 7.11 Å². The Morgan fingerprint density at radius 3 is 2.40 bits per heavy atom. The predicted molar refractivity (Wildman–Crippen MR) is 60.4 cm³/mol. The zero-order valence-corrected chi connectivity index (χ0v) is 10.3. The first-order chi connectivity index (χ1) is 6.93. The van der Waals surface area contributed by atoms with Crippen molar-refractivity contribution < 1.29 is 14.6 Å². The first-order valence-corrected chi connectivity index (χ1v) is 5.31. The molecular formula is C12H22O3. The molecule has 88 valence electrons. The van der Waals surface area contributed by atoms with E-state index in [0.717, 1.165) is 6.42 Å². The van der Waals surface area contributed by atoms with Crippen LogP contribution in [-0.4, -0.2) is 24.3 Å². The van der Waals surface area contributed by atoms with Crippen molar-refractivity contribution in [2.45, 2.75) is 40.2 Å². The van der Waals surface area contributed by atoms with Crippen LogP contribution in [0, 0.1) is 11.8 Å². The van der Waals surface area contributed by atoms with E-state index < -0.39 is 12.0 Å². The van der Waals surface area contributed by atoms with Crippen LogP contribution >= 0.6 is 0 Å². The van der Waals surface area contributed by atoms with Gasteiger partial charge >= 0.3 is 5.97 Å². The number of hydrogen-bond donors (Lipinski definition) is 1. The molecule has 0 heterocycles. The highest BCUT2D eigenvalue weighted by Gasteiger charge is 2.27. The van der Waals surface area contributed by atoms with E-state index in [9.17, 15) is 9.90 Å². The van der Waals surface area contributed by atoms with E-state index in [1.807, 2.05) is 26.8 Å². The van der Waals surface area contributed by atoms with E-state index in [1.165, 1.54) is 12.7 Å². The highest BCUT2D eigenvalue weighted by Crippen LogP contribution is 2.20. The summed E-state index contributed by atoms with van der Waals surface area (Å²) >= 11 is 0. The van der Waals surface area contributed by atoms with Crippen LogP contribution in [0.5, 0.6) is 0 Å². The van der Waals surface area contributed by atoms with Gasteiger partial charge in [0.1, 0.15) is 0 Å². The summed E-state index contributed by atoms with van der Waals surface area (Å²) in [7, 11) is 1.34. The molecule has 0 aromatic carbocycles. The van der Waals surface area contributed by atoms with Crippen molar-refractivity contribution >= 4 is 5.97 Å². The Balaban J connectivity index is 4.31. The van der Waals surface area contributed by atoms with Crippen LogP contribution in [0.1, 0.15) is 34.1 Å². The minimum absolute atomic E-state index is 0.0651. The first-order valence-electron chi connectivity index (χ1n) is 5.31. The van der Waals surface area contributed by atoms with Gasteiger partial charge in [-0.1, -0.05) is 18.6 Å². The van der Waals surface area contributed by atoms with Gasteiger partial charge in [0.05, 0.1) is 19.1 Å². The molecule has 15 heavy (non-hydrogen) atoms. The summed E-state index contributed by atoms with van der Waals surface area (Å²) in [4.78, 5) is 11.2. The smallest absolute Gasteiger partial charge is 0.311 e. The predicted octanol–water partition coefficient (Wildman–Crippen LogP) is 2.15. The number of carbonyl (C=O) groups excluding carboxylic acids is 1. The summed E-state index contributed by atoms with van der Waals surface area (Å²) in [5, 5.41) is 9.90. The fourth-order valence-electron chi connectivity index (χ4n) is 1.56. The topological polar surface area (TPSA) is 46.5 Å². The number of aliphatic hydroxyl groups excluding tert-OH is 1. The van der Waals surface area contributed by atoms with Crippen LogP contribution in [-0.2, 0) is 9.53 Å². The van der Waals surface area contributed by atoms with Gasteiger partial charge in [0.15, 0.2) is 0 Å². The third-order valence-corrected chi connectivity index (χ3v) is 2.81. The molecule has 0 spiro atoms. The normalized spacial score (nSPS) is 18.1. The van der Waals surface area contributed by atoms with Crippen LogP contribution < -0.4 is 0 Å². The molecule has 3 atom stereocenters. The Morgan fingerprint density at radius 1 is 1.47 bits per heavy atom. The molecule has 0 fully saturated rings. The number of aliphatic hydroxyl groups is 1. The number of ether oxygens (including phenoxy) is 1. The molecule has 0 aliphatic carbocycles. The third kappa shape index (κ3) is 4.47. The van der Waals surface area contributed by atoms with E-state index in [4.69, 9.17) is 0 Å². The zero-order valence-electron chi connectivity index (χ0n) is 10.3. The second-order valence-electron chi connectivity index (χ2n) is 4.12. The van der Waals surface area contributed by atoms with Crippen molar-refractivity contribution in [1.82, 2.24) is 0 Å². The molecular weight excluding hydrogens is 192 g/mol. The maximum absolute atomic E-state index is 11.2. The van der Waals surface area contributed by atoms with Gasteiger partial charge in [-0.25, -0.2) is 0 Å². The zero-order chi connectivity index (χ0) is 12.0. The monoisotopic (exact) mass is 214 g/mol. The van der Waals surface area contributed by atoms with Crippen LogP contribution in [0.2, 0.25) is 0 Å². The largest absolute Gasteiger partial charge is 0.469 e. The maximum atomic E-state index is 11.2. The van der Waals surface area contributed by atoms with Gasteiger partial charge in [0, 0.05) is 0 Å². The summed E-state index contributed by atoms with van der Waals surface area (Å²) in [6.45, 7) is 7.62. The van der Waals surface area contributed by atoms with E-state index in [0.29, 0.717) is 0 Å². The Labute approximate surface area is 92.1 Å². The Morgan fingerprint density at radius 2 is 2.00 bits per heavy atom. The average molecular weight is 214 g/mol. The summed E-state index contributed by atoms with van der Waals surface area (Å²) in [6.07, 6.45) is 2.18. The number of methoxy groups -OCH3 is 1. The lowest BCUT2D eigenvalue weighted by Crippen LogP contribution is -2.32. The molecule has 0 amide bonds. The lowest BCUT2D eigenvalue weighted by Gasteiger charge is -2.23.